The number of thiazole rings is 2. The Labute approximate surface area is 230 Å². The van der Waals surface area contributed by atoms with Gasteiger partial charge in [0, 0.05) is 53.4 Å². The van der Waals surface area contributed by atoms with E-state index in [2.05, 4.69) is 19.9 Å². The highest BCUT2D eigenvalue weighted by atomic mass is 35.5. The van der Waals surface area contributed by atoms with Crippen LogP contribution in [0.15, 0.2) is 61.4 Å². The summed E-state index contributed by atoms with van der Waals surface area (Å²) in [5.41, 5.74) is 9.16. The number of anilines is 1. The van der Waals surface area contributed by atoms with E-state index < -0.39 is 0 Å². The van der Waals surface area contributed by atoms with E-state index in [-0.39, 0.29) is 5.78 Å². The Hall–Kier alpha value is -3.31. The number of fused-ring (bicyclic) bond motifs is 2. The summed E-state index contributed by atoms with van der Waals surface area (Å²) in [6, 6.07) is 7.28. The Bertz CT molecular complexity index is 1700. The van der Waals surface area contributed by atoms with Gasteiger partial charge in [-0.05, 0) is 18.6 Å². The zero-order chi connectivity index (χ0) is 25.9. The maximum Gasteiger partial charge on any atom is 0.180 e. The van der Waals surface area contributed by atoms with Gasteiger partial charge in [-0.3, -0.25) is 13.6 Å². The fourth-order valence-electron chi connectivity index (χ4n) is 3.73. The van der Waals surface area contributed by atoms with Crippen molar-refractivity contribution in [2.45, 2.75) is 26.2 Å². The van der Waals surface area contributed by atoms with E-state index in [1.807, 2.05) is 52.4 Å². The van der Waals surface area contributed by atoms with Crippen LogP contribution < -0.4 is 5.73 Å². The third-order valence-corrected chi connectivity index (χ3v) is 7.75. The summed E-state index contributed by atoms with van der Waals surface area (Å²) in [7, 11) is 0. The van der Waals surface area contributed by atoms with Crippen molar-refractivity contribution in [3.63, 3.8) is 0 Å². The fourth-order valence-corrected chi connectivity index (χ4v) is 5.68. The number of ketones is 1. The van der Waals surface area contributed by atoms with Crippen LogP contribution >= 0.6 is 45.9 Å². The number of carbonyl (C=O) groups is 1. The molecule has 0 aromatic carbocycles. The molecule has 0 amide bonds. The molecule has 0 spiro atoms. The van der Waals surface area contributed by atoms with Gasteiger partial charge in [0.15, 0.2) is 5.13 Å². The van der Waals surface area contributed by atoms with Gasteiger partial charge in [-0.1, -0.05) is 41.5 Å². The standard InChI is InChI=1S/C15H14ClN3OS.C10H7ClN4S/c1-2-3-11(20)7-15-18-9-13(21-15)12-8-17-14-6-10(16)4-5-19(12)14;11-6-1-2-15-7(4-13-9(15)3-6)8-5-14-10(12)16-8/h4-6,8-9H,2-3,7H2,1H3;1-5H,(H2,12,14). The Morgan fingerprint density at radius 1 is 0.865 bits per heavy atom. The second kappa shape index (κ2) is 11.0. The zero-order valence-electron chi connectivity index (χ0n) is 19.6. The topological polar surface area (TPSA) is 103 Å². The lowest BCUT2D eigenvalue weighted by Gasteiger charge is -1.98. The predicted octanol–water partition coefficient (Wildman–Crippen LogP) is 6.72. The van der Waals surface area contributed by atoms with Crippen molar-refractivity contribution in [3.8, 4) is 21.1 Å². The average Bonchev–Trinajstić information content (AvgIpc) is 3.65. The van der Waals surface area contributed by atoms with Crippen LogP contribution in [-0.4, -0.2) is 34.5 Å². The summed E-state index contributed by atoms with van der Waals surface area (Å²) in [6.45, 7) is 2.01. The van der Waals surface area contributed by atoms with Crippen molar-refractivity contribution in [1.29, 1.82) is 0 Å². The van der Waals surface area contributed by atoms with E-state index in [1.165, 1.54) is 22.7 Å². The van der Waals surface area contributed by atoms with Crippen molar-refractivity contribution in [2.24, 2.45) is 0 Å². The highest BCUT2D eigenvalue weighted by Gasteiger charge is 2.12. The maximum atomic E-state index is 11.7. The lowest BCUT2D eigenvalue weighted by atomic mass is 10.2. The molecule has 0 radical (unpaired) electrons. The van der Waals surface area contributed by atoms with Crippen LogP contribution in [0.4, 0.5) is 5.13 Å². The molecule has 0 fully saturated rings. The minimum Gasteiger partial charge on any atom is -0.375 e. The van der Waals surface area contributed by atoms with Gasteiger partial charge >= 0.3 is 0 Å². The second-order valence-corrected chi connectivity index (χ2v) is 11.1. The lowest BCUT2D eigenvalue weighted by Crippen LogP contribution is -2.00. The molecule has 6 aromatic rings. The van der Waals surface area contributed by atoms with E-state index in [9.17, 15) is 4.79 Å². The Morgan fingerprint density at radius 2 is 1.43 bits per heavy atom. The summed E-state index contributed by atoms with van der Waals surface area (Å²) in [4.78, 5) is 30.7. The molecular weight excluding hydrogens is 549 g/mol. The monoisotopic (exact) mass is 569 g/mol. The number of nitrogens with two attached hydrogens (primary N) is 1. The minimum atomic E-state index is 0.239. The van der Waals surface area contributed by atoms with Crippen LogP contribution in [0.1, 0.15) is 24.8 Å². The van der Waals surface area contributed by atoms with Gasteiger partial charge in [0.1, 0.15) is 22.1 Å². The fraction of sp³-hybridized carbons (Fsp3) is 0.160. The zero-order valence-corrected chi connectivity index (χ0v) is 22.8. The van der Waals surface area contributed by atoms with E-state index in [4.69, 9.17) is 28.9 Å². The van der Waals surface area contributed by atoms with Crippen LogP contribution in [-0.2, 0) is 11.2 Å². The first-order valence-electron chi connectivity index (χ1n) is 11.3. The third-order valence-electron chi connectivity index (χ3n) is 5.41. The first kappa shape index (κ1) is 25.3. The maximum absolute atomic E-state index is 11.7. The normalized spacial score (nSPS) is 11.1. The highest BCUT2D eigenvalue weighted by molar-refractivity contribution is 7.18. The van der Waals surface area contributed by atoms with Gasteiger partial charge in [-0.15, -0.1) is 11.3 Å². The molecule has 6 rings (SSSR count). The molecule has 0 atom stereocenters. The molecule has 6 heterocycles. The highest BCUT2D eigenvalue weighted by Crippen LogP contribution is 2.29. The van der Waals surface area contributed by atoms with E-state index in [1.54, 1.807) is 24.8 Å². The molecule has 0 saturated carbocycles. The largest absolute Gasteiger partial charge is 0.375 e. The Morgan fingerprint density at radius 3 is 1.97 bits per heavy atom. The number of nitrogens with zero attached hydrogens (tertiary/aromatic N) is 6. The molecule has 0 unspecified atom stereocenters. The van der Waals surface area contributed by atoms with Crippen molar-refractivity contribution >= 4 is 68.1 Å². The molecule has 0 aliphatic carbocycles. The molecule has 12 heteroatoms. The third kappa shape index (κ3) is 5.67. The molecule has 0 saturated heterocycles. The van der Waals surface area contributed by atoms with Gasteiger partial charge in [-0.2, -0.15) is 0 Å². The molecule has 2 N–H and O–H groups in total. The second-order valence-electron chi connectivity index (χ2n) is 8.08. The van der Waals surface area contributed by atoms with Crippen LogP contribution in [0.2, 0.25) is 10.0 Å². The van der Waals surface area contributed by atoms with Crippen molar-refractivity contribution in [3.05, 3.63) is 76.5 Å². The molecule has 188 valence electrons. The molecule has 6 aromatic heterocycles. The van der Waals surface area contributed by atoms with Gasteiger partial charge in [0.05, 0.1) is 40.0 Å². The Kier molecular flexibility index (Phi) is 7.52. The number of carbonyl (C=O) groups excluding carboxylic acids is 1. The molecule has 0 aliphatic heterocycles. The quantitative estimate of drug-likeness (QED) is 0.239. The van der Waals surface area contributed by atoms with Crippen LogP contribution in [0.25, 0.3) is 32.4 Å². The molecule has 8 nitrogen and oxygen atoms in total. The number of pyridine rings is 2. The van der Waals surface area contributed by atoms with Gasteiger partial charge in [0.25, 0.3) is 0 Å². The number of hydrogen-bond acceptors (Lipinski definition) is 8. The molecule has 0 bridgehead atoms. The number of hydrogen-bond donors (Lipinski definition) is 1. The summed E-state index contributed by atoms with van der Waals surface area (Å²) >= 11 is 14.8. The van der Waals surface area contributed by atoms with Gasteiger partial charge in [-0.25, -0.2) is 19.9 Å². The lowest BCUT2D eigenvalue weighted by molar-refractivity contribution is -0.118. The van der Waals surface area contributed by atoms with Crippen molar-refractivity contribution in [1.82, 2.24) is 28.7 Å². The Balaban J connectivity index is 0.000000157. The number of halogens is 2. The average molecular weight is 571 g/mol. The number of rotatable bonds is 6. The van der Waals surface area contributed by atoms with Gasteiger partial charge < -0.3 is 5.73 Å². The smallest absolute Gasteiger partial charge is 0.180 e. The predicted molar refractivity (Wildman–Crippen MR) is 151 cm³/mol. The van der Waals surface area contributed by atoms with Crippen LogP contribution in [0, 0.1) is 0 Å². The van der Waals surface area contributed by atoms with E-state index in [0.717, 1.165) is 43.9 Å². The number of Topliss-reactive ketones (excluding diaryl/α,β-unsaturated/α-hetero) is 1. The van der Waals surface area contributed by atoms with Crippen LogP contribution in [0.3, 0.4) is 0 Å². The summed E-state index contributed by atoms with van der Waals surface area (Å²) in [6.07, 6.45) is 12.8. The summed E-state index contributed by atoms with van der Waals surface area (Å²) in [5.74, 6) is 0.239. The van der Waals surface area contributed by atoms with E-state index in [0.29, 0.717) is 28.0 Å². The van der Waals surface area contributed by atoms with Crippen molar-refractivity contribution < 1.29 is 4.79 Å². The molecule has 0 aliphatic rings. The molecule has 37 heavy (non-hydrogen) atoms. The van der Waals surface area contributed by atoms with Crippen molar-refractivity contribution in [2.75, 3.05) is 5.73 Å². The first-order valence-corrected chi connectivity index (χ1v) is 13.7. The number of imidazole rings is 2. The summed E-state index contributed by atoms with van der Waals surface area (Å²) in [5, 5.41) is 2.74. The summed E-state index contributed by atoms with van der Waals surface area (Å²) < 4.78 is 3.93. The SMILES string of the molecule is CCCC(=O)Cc1ncc(-c2cnc3cc(Cl)ccn23)s1.Nc1ncc(-c2cnc3cc(Cl)ccn23)s1. The van der Waals surface area contributed by atoms with E-state index >= 15 is 0 Å². The minimum absolute atomic E-state index is 0.239. The number of nitrogen functional groups attached to an aromatic ring is 1. The first-order chi connectivity index (χ1) is 17.9. The van der Waals surface area contributed by atoms with Gasteiger partial charge in [0.2, 0.25) is 0 Å². The number of aromatic nitrogens is 6. The molecular formula is C25H21Cl2N7OS2. The van der Waals surface area contributed by atoms with Crippen LogP contribution in [0.5, 0.6) is 0 Å².